The van der Waals surface area contributed by atoms with Crippen molar-refractivity contribution < 1.29 is 23.8 Å². The summed E-state index contributed by atoms with van der Waals surface area (Å²) in [6.07, 6.45) is 3.22. The molecule has 1 aliphatic rings. The van der Waals surface area contributed by atoms with Crippen molar-refractivity contribution >= 4 is 5.97 Å². The molecule has 0 fully saturated rings. The monoisotopic (exact) mass is 420 g/mol. The second-order valence-electron chi connectivity index (χ2n) is 7.80. The zero-order valence-corrected chi connectivity index (χ0v) is 17.4. The lowest BCUT2D eigenvalue weighted by Gasteiger charge is -2.27. The third-order valence-corrected chi connectivity index (χ3v) is 5.70. The number of methoxy groups -OCH3 is 1. The van der Waals surface area contributed by atoms with Gasteiger partial charge in [-0.05, 0) is 72.2 Å². The largest absolute Gasteiger partial charge is 0.497 e. The zero-order valence-electron chi connectivity index (χ0n) is 17.4. The van der Waals surface area contributed by atoms with Crippen LogP contribution >= 0.6 is 0 Å². The molecule has 3 aromatic carbocycles. The summed E-state index contributed by atoms with van der Waals surface area (Å²) < 4.78 is 25.8. The van der Waals surface area contributed by atoms with Crippen molar-refractivity contribution in [3.63, 3.8) is 0 Å². The molecular formula is C26H25FO4. The molecule has 0 amide bonds. The van der Waals surface area contributed by atoms with Crippen molar-refractivity contribution in [2.45, 2.75) is 38.2 Å². The van der Waals surface area contributed by atoms with Gasteiger partial charge < -0.3 is 14.6 Å². The fourth-order valence-corrected chi connectivity index (χ4v) is 3.98. The lowest BCUT2D eigenvalue weighted by Crippen LogP contribution is -2.15. The normalized spacial score (nSPS) is 15.1. The van der Waals surface area contributed by atoms with E-state index >= 15 is 0 Å². The fourth-order valence-electron chi connectivity index (χ4n) is 3.98. The van der Waals surface area contributed by atoms with E-state index in [0.717, 1.165) is 35.3 Å². The summed E-state index contributed by atoms with van der Waals surface area (Å²) in [6, 6.07) is 18.7. The Morgan fingerprint density at radius 2 is 1.94 bits per heavy atom. The third-order valence-electron chi connectivity index (χ3n) is 5.70. The van der Waals surface area contributed by atoms with Gasteiger partial charge in [0.1, 0.15) is 23.4 Å². The third kappa shape index (κ3) is 4.88. The highest BCUT2D eigenvalue weighted by atomic mass is 19.1. The number of carbonyl (C=O) groups is 1. The summed E-state index contributed by atoms with van der Waals surface area (Å²) >= 11 is 0. The van der Waals surface area contributed by atoms with Gasteiger partial charge in [-0.2, -0.15) is 0 Å². The van der Waals surface area contributed by atoms with Crippen molar-refractivity contribution in [2.75, 3.05) is 7.11 Å². The van der Waals surface area contributed by atoms with Crippen molar-refractivity contribution in [1.29, 1.82) is 0 Å². The Hall–Kier alpha value is -3.34. The first-order valence-corrected chi connectivity index (χ1v) is 10.5. The number of ether oxygens (including phenoxy) is 2. The van der Waals surface area contributed by atoms with Crippen molar-refractivity contribution in [2.24, 2.45) is 0 Å². The van der Waals surface area contributed by atoms with Crippen molar-refractivity contribution in [3.05, 3.63) is 83.2 Å². The van der Waals surface area contributed by atoms with Gasteiger partial charge in [-0.1, -0.05) is 36.4 Å². The first-order valence-electron chi connectivity index (χ1n) is 10.5. The summed E-state index contributed by atoms with van der Waals surface area (Å²) in [4.78, 5) is 10.7. The summed E-state index contributed by atoms with van der Waals surface area (Å²) in [5, 5.41) is 8.83. The van der Waals surface area contributed by atoms with E-state index in [0.29, 0.717) is 24.2 Å². The highest BCUT2D eigenvalue weighted by Gasteiger charge is 2.22. The molecule has 0 aromatic heterocycles. The van der Waals surface area contributed by atoms with E-state index in [1.807, 2.05) is 30.3 Å². The van der Waals surface area contributed by atoms with Crippen LogP contribution in [0, 0.1) is 5.82 Å². The predicted molar refractivity (Wildman–Crippen MR) is 117 cm³/mol. The van der Waals surface area contributed by atoms with Crippen molar-refractivity contribution in [1.82, 2.24) is 0 Å². The smallest absolute Gasteiger partial charge is 0.303 e. The summed E-state index contributed by atoms with van der Waals surface area (Å²) in [6.45, 7) is 0. The minimum atomic E-state index is -0.772. The molecule has 4 nitrogen and oxygen atoms in total. The Labute approximate surface area is 181 Å². The molecule has 0 spiro atoms. The van der Waals surface area contributed by atoms with Crippen LogP contribution in [0.1, 0.15) is 42.1 Å². The molecule has 1 N–H and O–H groups in total. The van der Waals surface area contributed by atoms with E-state index in [1.54, 1.807) is 19.2 Å². The Morgan fingerprint density at radius 3 is 2.68 bits per heavy atom. The molecule has 1 heterocycles. The second kappa shape index (κ2) is 9.21. The first-order chi connectivity index (χ1) is 15.0. The van der Waals surface area contributed by atoms with Gasteiger partial charge >= 0.3 is 5.97 Å². The van der Waals surface area contributed by atoms with Crippen LogP contribution in [0.3, 0.4) is 0 Å². The van der Waals surface area contributed by atoms with E-state index in [4.69, 9.17) is 14.6 Å². The van der Waals surface area contributed by atoms with Gasteiger partial charge in [-0.3, -0.25) is 4.79 Å². The van der Waals surface area contributed by atoms with Crippen LogP contribution in [-0.4, -0.2) is 18.2 Å². The van der Waals surface area contributed by atoms with Gasteiger partial charge in [-0.25, -0.2) is 4.39 Å². The first kappa shape index (κ1) is 20.9. The second-order valence-corrected chi connectivity index (χ2v) is 7.80. The zero-order chi connectivity index (χ0) is 21.8. The number of rotatable bonds is 7. The number of carboxylic acids is 1. The molecule has 0 aliphatic carbocycles. The van der Waals surface area contributed by atoms with Gasteiger partial charge in [0.25, 0.3) is 0 Å². The Balaban J connectivity index is 1.49. The van der Waals surface area contributed by atoms with Gasteiger partial charge in [0, 0.05) is 12.0 Å². The number of benzene rings is 3. The van der Waals surface area contributed by atoms with E-state index in [-0.39, 0.29) is 18.3 Å². The van der Waals surface area contributed by atoms with Crippen molar-refractivity contribution in [3.8, 4) is 22.6 Å². The maximum Gasteiger partial charge on any atom is 0.303 e. The highest BCUT2D eigenvalue weighted by molar-refractivity contribution is 5.67. The molecule has 3 aromatic rings. The summed E-state index contributed by atoms with van der Waals surface area (Å²) in [5.74, 6) is 0.428. The lowest BCUT2D eigenvalue weighted by molar-refractivity contribution is -0.137. The molecule has 4 rings (SSSR count). The summed E-state index contributed by atoms with van der Waals surface area (Å²) in [5.41, 5.74) is 4.61. The number of fused-ring (bicyclic) bond motifs is 1. The quantitative estimate of drug-likeness (QED) is 0.511. The SMILES string of the molecule is COc1ccc(F)c(-c2ccc(C3CCc4ccc(CCCC(=O)O)cc4O3)cc2)c1. The molecule has 1 aliphatic heterocycles. The number of halogens is 1. The Kier molecular flexibility index (Phi) is 6.21. The van der Waals surface area contributed by atoms with E-state index in [1.165, 1.54) is 11.6 Å². The Bertz CT molecular complexity index is 1080. The van der Waals surface area contributed by atoms with Crippen LogP contribution in [0.25, 0.3) is 11.1 Å². The number of hydrogen-bond donors (Lipinski definition) is 1. The average Bonchev–Trinajstić information content (AvgIpc) is 2.79. The number of carboxylic acid groups (broad SMARTS) is 1. The molecule has 0 saturated carbocycles. The van der Waals surface area contributed by atoms with Gasteiger partial charge in [-0.15, -0.1) is 0 Å². The number of aliphatic carboxylic acids is 1. The van der Waals surface area contributed by atoms with Gasteiger partial charge in [0.05, 0.1) is 7.11 Å². The molecule has 160 valence electrons. The van der Waals surface area contributed by atoms with Crippen LogP contribution < -0.4 is 9.47 Å². The lowest BCUT2D eigenvalue weighted by atomic mass is 9.94. The molecule has 0 bridgehead atoms. The van der Waals surface area contributed by atoms with Crippen LogP contribution in [0.4, 0.5) is 4.39 Å². The maximum absolute atomic E-state index is 14.3. The highest BCUT2D eigenvalue weighted by Crippen LogP contribution is 2.36. The molecular weight excluding hydrogens is 395 g/mol. The van der Waals surface area contributed by atoms with Gasteiger partial charge in [0.2, 0.25) is 0 Å². The van der Waals surface area contributed by atoms with Gasteiger partial charge in [0.15, 0.2) is 0 Å². The molecule has 1 atom stereocenters. The van der Waals surface area contributed by atoms with E-state index < -0.39 is 5.97 Å². The standard InChI is InChI=1S/C26H25FO4/c1-30-21-12-13-23(27)22(16-21)18-7-9-19(10-8-18)24-14-11-20-6-5-17(15-25(20)31-24)3-2-4-26(28)29/h5-10,12-13,15-16,24H,2-4,11,14H2,1H3,(H,28,29). The van der Waals surface area contributed by atoms with E-state index in [9.17, 15) is 9.18 Å². The van der Waals surface area contributed by atoms with Crippen LogP contribution in [0.5, 0.6) is 11.5 Å². The molecule has 0 saturated heterocycles. The van der Waals surface area contributed by atoms with Crippen LogP contribution in [-0.2, 0) is 17.6 Å². The minimum absolute atomic E-state index is 0.0639. The van der Waals surface area contributed by atoms with Crippen LogP contribution in [0.15, 0.2) is 60.7 Å². The molecule has 5 heteroatoms. The molecule has 1 unspecified atom stereocenters. The van der Waals surface area contributed by atoms with Crippen LogP contribution in [0.2, 0.25) is 0 Å². The number of hydrogen-bond acceptors (Lipinski definition) is 3. The Morgan fingerprint density at radius 1 is 1.13 bits per heavy atom. The van der Waals surface area contributed by atoms with E-state index in [2.05, 4.69) is 12.1 Å². The number of aryl methyl sites for hydroxylation is 2. The molecule has 0 radical (unpaired) electrons. The summed E-state index contributed by atoms with van der Waals surface area (Å²) in [7, 11) is 1.57. The maximum atomic E-state index is 14.3. The molecule has 31 heavy (non-hydrogen) atoms. The average molecular weight is 420 g/mol. The topological polar surface area (TPSA) is 55.8 Å². The minimum Gasteiger partial charge on any atom is -0.497 e. The predicted octanol–water partition coefficient (Wildman–Crippen LogP) is 5.97. The fraction of sp³-hybridized carbons (Fsp3) is 0.269.